The van der Waals surface area contributed by atoms with Gasteiger partial charge < -0.3 is 14.6 Å². The van der Waals surface area contributed by atoms with E-state index in [9.17, 15) is 4.79 Å². The Hall–Kier alpha value is -1.81. The zero-order valence-electron chi connectivity index (χ0n) is 16.5. The summed E-state index contributed by atoms with van der Waals surface area (Å²) in [6.07, 6.45) is 10.5. The molecule has 0 atom stereocenters. The van der Waals surface area contributed by atoms with Gasteiger partial charge >= 0.3 is 5.97 Å². The molecule has 4 heteroatoms. The van der Waals surface area contributed by atoms with Crippen molar-refractivity contribution >= 4 is 5.97 Å². The number of carbonyl (C=O) groups is 1. The number of aliphatic hydroxyl groups is 1. The number of rotatable bonds is 13. The number of unbranched alkanes of at least 4 members (excludes halogenated alkanes) is 6. The first-order chi connectivity index (χ1) is 12.6. The second-order valence-electron chi connectivity index (χ2n) is 6.41. The maximum atomic E-state index is 11.1. The van der Waals surface area contributed by atoms with Crippen LogP contribution in [0.15, 0.2) is 43.0 Å². The predicted octanol–water partition coefficient (Wildman–Crippen LogP) is 5.16. The summed E-state index contributed by atoms with van der Waals surface area (Å²) in [5, 5.41) is 8.49. The van der Waals surface area contributed by atoms with Crippen LogP contribution in [0, 0.1) is 5.92 Å². The second kappa shape index (κ2) is 18.0. The number of ether oxygens (including phenoxy) is 2. The molecule has 26 heavy (non-hydrogen) atoms. The van der Waals surface area contributed by atoms with Crippen LogP contribution >= 0.6 is 0 Å². The number of allylic oxidation sites excluding steroid dienone is 1. The standard InChI is InChI=1S/C12H16O3.C10H20O/c1-10(2)12(13)15-9-8-14-11-6-4-3-5-7-11;1-2-3-4-5-6-7-8-9-10-11/h3-7,10H,8-9H2,1-2H3;2,11H,1,3-10H2. The fraction of sp³-hybridized carbons (Fsp3) is 0.591. The zero-order chi connectivity index (χ0) is 19.5. The van der Waals surface area contributed by atoms with Crippen LogP contribution in [0.1, 0.15) is 58.8 Å². The van der Waals surface area contributed by atoms with Gasteiger partial charge in [0, 0.05) is 6.61 Å². The van der Waals surface area contributed by atoms with Gasteiger partial charge in [0.05, 0.1) is 5.92 Å². The molecule has 4 nitrogen and oxygen atoms in total. The number of hydrogen-bond acceptors (Lipinski definition) is 4. The van der Waals surface area contributed by atoms with Crippen molar-refractivity contribution in [3.63, 3.8) is 0 Å². The molecule has 0 saturated heterocycles. The molecular formula is C22H36O4. The van der Waals surface area contributed by atoms with Crippen molar-refractivity contribution in [2.45, 2.75) is 58.8 Å². The largest absolute Gasteiger partial charge is 0.490 e. The van der Waals surface area contributed by atoms with Crippen LogP contribution in [0.3, 0.4) is 0 Å². The molecule has 0 aliphatic rings. The molecule has 1 aromatic rings. The number of aliphatic hydroxyl groups excluding tert-OH is 1. The van der Waals surface area contributed by atoms with Crippen LogP contribution in [-0.2, 0) is 9.53 Å². The molecule has 0 aliphatic heterocycles. The lowest BCUT2D eigenvalue weighted by Crippen LogP contribution is -2.16. The van der Waals surface area contributed by atoms with Crippen molar-refractivity contribution in [3.05, 3.63) is 43.0 Å². The normalized spacial score (nSPS) is 10.0. The van der Waals surface area contributed by atoms with Crippen molar-refractivity contribution in [2.75, 3.05) is 19.8 Å². The monoisotopic (exact) mass is 364 g/mol. The van der Waals surface area contributed by atoms with Gasteiger partial charge in [-0.3, -0.25) is 4.79 Å². The maximum Gasteiger partial charge on any atom is 0.308 e. The van der Waals surface area contributed by atoms with Gasteiger partial charge in [-0.1, -0.05) is 63.8 Å². The van der Waals surface area contributed by atoms with Gasteiger partial charge in [0.1, 0.15) is 19.0 Å². The minimum Gasteiger partial charge on any atom is -0.490 e. The molecule has 0 radical (unpaired) electrons. The molecule has 0 aromatic heterocycles. The summed E-state index contributed by atoms with van der Waals surface area (Å²) >= 11 is 0. The van der Waals surface area contributed by atoms with E-state index in [2.05, 4.69) is 6.58 Å². The Morgan fingerprint density at radius 3 is 2.23 bits per heavy atom. The lowest BCUT2D eigenvalue weighted by Gasteiger charge is -2.08. The Morgan fingerprint density at radius 1 is 1.04 bits per heavy atom. The van der Waals surface area contributed by atoms with E-state index in [4.69, 9.17) is 14.6 Å². The minimum absolute atomic E-state index is 0.0817. The summed E-state index contributed by atoms with van der Waals surface area (Å²) in [6.45, 7) is 8.33. The Kier molecular flexibility index (Phi) is 16.7. The van der Waals surface area contributed by atoms with Gasteiger partial charge in [-0.05, 0) is 31.4 Å². The average molecular weight is 365 g/mol. The second-order valence-corrected chi connectivity index (χ2v) is 6.41. The summed E-state index contributed by atoms with van der Waals surface area (Å²) < 4.78 is 10.3. The SMILES string of the molecule is C=CCCCCCCCCO.CC(C)C(=O)OCCOc1ccccc1. The number of para-hydroxylation sites is 1. The van der Waals surface area contributed by atoms with Gasteiger partial charge in [-0.2, -0.15) is 0 Å². The summed E-state index contributed by atoms with van der Waals surface area (Å²) in [5.41, 5.74) is 0. The smallest absolute Gasteiger partial charge is 0.308 e. The third-order valence-corrected chi connectivity index (χ3v) is 3.63. The fourth-order valence-electron chi connectivity index (χ4n) is 2.09. The van der Waals surface area contributed by atoms with Crippen LogP contribution in [0.2, 0.25) is 0 Å². The molecule has 0 amide bonds. The van der Waals surface area contributed by atoms with Crippen LogP contribution in [-0.4, -0.2) is 30.9 Å². The van der Waals surface area contributed by atoms with Crippen molar-refractivity contribution in [1.82, 2.24) is 0 Å². The molecule has 0 aliphatic carbocycles. The molecule has 0 bridgehead atoms. The third-order valence-electron chi connectivity index (χ3n) is 3.63. The number of hydrogen-bond donors (Lipinski definition) is 1. The van der Waals surface area contributed by atoms with Crippen LogP contribution in [0.4, 0.5) is 0 Å². The van der Waals surface area contributed by atoms with E-state index >= 15 is 0 Å². The van der Waals surface area contributed by atoms with Crippen molar-refractivity contribution in [2.24, 2.45) is 5.92 Å². The first-order valence-corrected chi connectivity index (χ1v) is 9.68. The fourth-order valence-corrected chi connectivity index (χ4v) is 2.09. The number of esters is 1. The summed E-state index contributed by atoms with van der Waals surface area (Å²) in [5.74, 6) is 0.520. The van der Waals surface area contributed by atoms with E-state index in [1.165, 1.54) is 32.1 Å². The molecule has 0 spiro atoms. The predicted molar refractivity (Wildman–Crippen MR) is 107 cm³/mol. The first kappa shape index (κ1) is 24.2. The molecular weight excluding hydrogens is 328 g/mol. The number of carbonyl (C=O) groups excluding carboxylic acids is 1. The molecule has 1 aromatic carbocycles. The van der Waals surface area contributed by atoms with E-state index in [0.29, 0.717) is 19.8 Å². The molecule has 148 valence electrons. The van der Waals surface area contributed by atoms with Gasteiger partial charge in [0.2, 0.25) is 0 Å². The lowest BCUT2D eigenvalue weighted by molar-refractivity contribution is -0.148. The number of benzene rings is 1. The van der Waals surface area contributed by atoms with Gasteiger partial charge in [0.15, 0.2) is 0 Å². The van der Waals surface area contributed by atoms with Gasteiger partial charge in [-0.25, -0.2) is 0 Å². The molecule has 1 N–H and O–H groups in total. The van der Waals surface area contributed by atoms with Crippen LogP contribution in [0.25, 0.3) is 0 Å². The highest BCUT2D eigenvalue weighted by Gasteiger charge is 2.07. The maximum absolute atomic E-state index is 11.1. The van der Waals surface area contributed by atoms with E-state index in [-0.39, 0.29) is 11.9 Å². The Labute approximate surface area is 159 Å². The summed E-state index contributed by atoms with van der Waals surface area (Å²) in [4.78, 5) is 11.1. The quantitative estimate of drug-likeness (QED) is 0.298. The van der Waals surface area contributed by atoms with E-state index < -0.39 is 0 Å². The highest BCUT2D eigenvalue weighted by atomic mass is 16.6. The topological polar surface area (TPSA) is 55.8 Å². The van der Waals surface area contributed by atoms with E-state index in [1.54, 1.807) is 13.8 Å². The lowest BCUT2D eigenvalue weighted by atomic mass is 10.1. The Bertz CT molecular complexity index is 443. The Morgan fingerprint density at radius 2 is 1.65 bits per heavy atom. The average Bonchev–Trinajstić information content (AvgIpc) is 2.65. The minimum atomic E-state index is -0.188. The van der Waals surface area contributed by atoms with Crippen LogP contribution in [0.5, 0.6) is 5.75 Å². The highest BCUT2D eigenvalue weighted by Crippen LogP contribution is 2.08. The van der Waals surface area contributed by atoms with Gasteiger partial charge in [0.25, 0.3) is 0 Å². The first-order valence-electron chi connectivity index (χ1n) is 9.68. The zero-order valence-corrected chi connectivity index (χ0v) is 16.5. The third kappa shape index (κ3) is 15.7. The molecule has 0 unspecified atom stereocenters. The molecule has 0 saturated carbocycles. The van der Waals surface area contributed by atoms with Crippen molar-refractivity contribution < 1.29 is 19.4 Å². The summed E-state index contributed by atoms with van der Waals surface area (Å²) in [7, 11) is 0. The molecule has 0 heterocycles. The summed E-state index contributed by atoms with van der Waals surface area (Å²) in [6, 6.07) is 9.45. The van der Waals surface area contributed by atoms with Crippen LogP contribution < -0.4 is 4.74 Å². The van der Waals surface area contributed by atoms with E-state index in [0.717, 1.165) is 18.6 Å². The molecule has 1 rings (SSSR count). The van der Waals surface area contributed by atoms with Gasteiger partial charge in [-0.15, -0.1) is 6.58 Å². The Balaban J connectivity index is 0.000000508. The van der Waals surface area contributed by atoms with Crippen molar-refractivity contribution in [1.29, 1.82) is 0 Å². The van der Waals surface area contributed by atoms with E-state index in [1.807, 2.05) is 36.4 Å². The highest BCUT2D eigenvalue weighted by molar-refractivity contribution is 5.71. The van der Waals surface area contributed by atoms with Crippen molar-refractivity contribution in [3.8, 4) is 5.75 Å². The molecule has 0 fully saturated rings.